The SMILES string of the molecule is COc1ccccc1N(CC(=O)NCCCN1CCCCC1)S(C)(=O)=O. The quantitative estimate of drug-likeness (QED) is 0.653. The number of para-hydroxylation sites is 2. The van der Waals surface area contributed by atoms with Gasteiger partial charge in [-0.15, -0.1) is 0 Å². The van der Waals surface area contributed by atoms with E-state index in [0.717, 1.165) is 36.6 Å². The minimum Gasteiger partial charge on any atom is -0.495 e. The molecule has 0 aromatic heterocycles. The van der Waals surface area contributed by atoms with E-state index in [0.29, 0.717) is 18.0 Å². The number of nitrogens with zero attached hydrogens (tertiary/aromatic N) is 2. The molecule has 2 rings (SSSR count). The number of piperidine rings is 1. The highest BCUT2D eigenvalue weighted by molar-refractivity contribution is 7.92. The smallest absolute Gasteiger partial charge is 0.240 e. The average Bonchev–Trinajstić information content (AvgIpc) is 2.63. The number of carbonyl (C=O) groups is 1. The predicted molar refractivity (Wildman–Crippen MR) is 103 cm³/mol. The van der Waals surface area contributed by atoms with Gasteiger partial charge in [0.1, 0.15) is 12.3 Å². The van der Waals surface area contributed by atoms with Crippen molar-refractivity contribution < 1.29 is 17.9 Å². The molecule has 1 aliphatic rings. The summed E-state index contributed by atoms with van der Waals surface area (Å²) in [6.45, 7) is 3.50. The lowest BCUT2D eigenvalue weighted by Crippen LogP contribution is -2.41. The van der Waals surface area contributed by atoms with E-state index >= 15 is 0 Å². The van der Waals surface area contributed by atoms with Crippen LogP contribution in [0.15, 0.2) is 24.3 Å². The maximum atomic E-state index is 12.3. The van der Waals surface area contributed by atoms with Crippen molar-refractivity contribution in [3.8, 4) is 5.75 Å². The number of ether oxygens (including phenoxy) is 1. The van der Waals surface area contributed by atoms with Crippen molar-refractivity contribution in [2.45, 2.75) is 25.7 Å². The molecule has 1 aliphatic heterocycles. The van der Waals surface area contributed by atoms with Gasteiger partial charge in [0.2, 0.25) is 15.9 Å². The number of hydrogen-bond acceptors (Lipinski definition) is 5. The average molecular weight is 384 g/mol. The molecule has 146 valence electrons. The molecule has 1 N–H and O–H groups in total. The summed E-state index contributed by atoms with van der Waals surface area (Å²) in [5.74, 6) is 0.0933. The van der Waals surface area contributed by atoms with Gasteiger partial charge in [0.25, 0.3) is 0 Å². The van der Waals surface area contributed by atoms with Crippen molar-refractivity contribution in [3.05, 3.63) is 24.3 Å². The summed E-state index contributed by atoms with van der Waals surface area (Å²) in [6.07, 6.45) is 5.74. The molecule has 8 heteroatoms. The summed E-state index contributed by atoms with van der Waals surface area (Å²) in [7, 11) is -2.14. The maximum absolute atomic E-state index is 12.3. The van der Waals surface area contributed by atoms with E-state index < -0.39 is 10.0 Å². The molecule has 1 fully saturated rings. The van der Waals surface area contributed by atoms with E-state index in [1.54, 1.807) is 24.3 Å². The molecule has 1 aromatic rings. The summed E-state index contributed by atoms with van der Waals surface area (Å²) in [6, 6.07) is 6.77. The zero-order chi connectivity index (χ0) is 19.0. The first-order valence-electron chi connectivity index (χ1n) is 9.01. The van der Waals surface area contributed by atoms with Crippen LogP contribution in [0.1, 0.15) is 25.7 Å². The fourth-order valence-corrected chi connectivity index (χ4v) is 3.98. The van der Waals surface area contributed by atoms with Crippen molar-refractivity contribution in [1.82, 2.24) is 10.2 Å². The first-order chi connectivity index (χ1) is 12.4. The molecule has 0 atom stereocenters. The number of methoxy groups -OCH3 is 1. The fourth-order valence-electron chi connectivity index (χ4n) is 3.12. The van der Waals surface area contributed by atoms with E-state index in [-0.39, 0.29) is 12.5 Å². The Balaban J connectivity index is 1.88. The van der Waals surface area contributed by atoms with Crippen LogP contribution >= 0.6 is 0 Å². The van der Waals surface area contributed by atoms with Crippen LogP contribution in [0.4, 0.5) is 5.69 Å². The number of sulfonamides is 1. The summed E-state index contributed by atoms with van der Waals surface area (Å²) in [5, 5.41) is 2.82. The Morgan fingerprint density at radius 1 is 1.23 bits per heavy atom. The van der Waals surface area contributed by atoms with E-state index in [4.69, 9.17) is 4.74 Å². The predicted octanol–water partition coefficient (Wildman–Crippen LogP) is 1.45. The summed E-state index contributed by atoms with van der Waals surface area (Å²) < 4.78 is 30.6. The third-order valence-electron chi connectivity index (χ3n) is 4.46. The van der Waals surface area contributed by atoms with Gasteiger partial charge in [-0.1, -0.05) is 18.6 Å². The Morgan fingerprint density at radius 2 is 1.92 bits per heavy atom. The van der Waals surface area contributed by atoms with Gasteiger partial charge >= 0.3 is 0 Å². The molecule has 26 heavy (non-hydrogen) atoms. The molecule has 0 bridgehead atoms. The Labute approximate surface area is 156 Å². The van der Waals surface area contributed by atoms with E-state index in [2.05, 4.69) is 10.2 Å². The van der Waals surface area contributed by atoms with Crippen molar-refractivity contribution >= 4 is 21.6 Å². The summed E-state index contributed by atoms with van der Waals surface area (Å²) in [4.78, 5) is 14.7. The van der Waals surface area contributed by atoms with Crippen LogP contribution in [0.2, 0.25) is 0 Å². The molecule has 1 aromatic carbocycles. The third kappa shape index (κ3) is 6.17. The molecule has 1 amide bonds. The Bertz CT molecular complexity index is 687. The lowest BCUT2D eigenvalue weighted by atomic mass is 10.1. The Kier molecular flexibility index (Phi) is 7.71. The standard InChI is InChI=1S/C18H29N3O4S/c1-25-17-10-5-4-9-16(17)21(26(2,23)24)15-18(22)19-11-8-14-20-12-6-3-7-13-20/h4-5,9-10H,3,6-8,11-15H2,1-2H3,(H,19,22). The van der Waals surface area contributed by atoms with Crippen LogP contribution in [0, 0.1) is 0 Å². The zero-order valence-electron chi connectivity index (χ0n) is 15.6. The highest BCUT2D eigenvalue weighted by Gasteiger charge is 2.23. The first kappa shape index (κ1) is 20.5. The van der Waals surface area contributed by atoms with Gasteiger partial charge in [0.15, 0.2) is 0 Å². The van der Waals surface area contributed by atoms with Crippen LogP contribution in [-0.2, 0) is 14.8 Å². The van der Waals surface area contributed by atoms with Crippen molar-refractivity contribution in [2.75, 3.05) is 50.4 Å². The highest BCUT2D eigenvalue weighted by atomic mass is 32.2. The third-order valence-corrected chi connectivity index (χ3v) is 5.59. The number of rotatable bonds is 9. The molecule has 0 radical (unpaired) electrons. The number of likely N-dealkylation sites (tertiary alicyclic amines) is 1. The van der Waals surface area contributed by atoms with E-state index in [1.807, 2.05) is 0 Å². The number of anilines is 1. The number of amides is 1. The molecular weight excluding hydrogens is 354 g/mol. The highest BCUT2D eigenvalue weighted by Crippen LogP contribution is 2.29. The van der Waals surface area contributed by atoms with Gasteiger partial charge < -0.3 is 15.0 Å². The van der Waals surface area contributed by atoms with Crippen LogP contribution in [0.25, 0.3) is 0 Å². The number of carbonyl (C=O) groups excluding carboxylic acids is 1. The number of nitrogens with one attached hydrogen (secondary N) is 1. The fraction of sp³-hybridized carbons (Fsp3) is 0.611. The van der Waals surface area contributed by atoms with Gasteiger partial charge in [-0.3, -0.25) is 9.10 Å². The van der Waals surface area contributed by atoms with Gasteiger partial charge in [-0.05, 0) is 51.0 Å². The monoisotopic (exact) mass is 383 g/mol. The summed E-state index contributed by atoms with van der Waals surface area (Å²) >= 11 is 0. The molecular formula is C18H29N3O4S. The van der Waals surface area contributed by atoms with E-state index in [1.165, 1.54) is 26.4 Å². The Hall–Kier alpha value is -1.80. The molecule has 0 saturated carbocycles. The van der Waals surface area contributed by atoms with Gasteiger partial charge in [0, 0.05) is 6.54 Å². The second kappa shape index (κ2) is 9.78. The maximum Gasteiger partial charge on any atom is 0.240 e. The molecule has 1 heterocycles. The topological polar surface area (TPSA) is 79.0 Å². The lowest BCUT2D eigenvalue weighted by Gasteiger charge is -2.26. The van der Waals surface area contributed by atoms with Crippen LogP contribution in [-0.4, -0.2) is 65.3 Å². The van der Waals surface area contributed by atoms with Gasteiger partial charge in [0.05, 0.1) is 19.1 Å². The second-order valence-corrected chi connectivity index (χ2v) is 8.45. The lowest BCUT2D eigenvalue weighted by molar-refractivity contribution is -0.119. The second-order valence-electron chi connectivity index (χ2n) is 6.55. The van der Waals surface area contributed by atoms with Crippen molar-refractivity contribution in [1.29, 1.82) is 0 Å². The first-order valence-corrected chi connectivity index (χ1v) is 10.9. The van der Waals surface area contributed by atoms with E-state index in [9.17, 15) is 13.2 Å². The number of benzene rings is 1. The van der Waals surface area contributed by atoms with Crippen LogP contribution in [0.5, 0.6) is 5.75 Å². The molecule has 0 spiro atoms. The summed E-state index contributed by atoms with van der Waals surface area (Å²) in [5.41, 5.74) is 0.362. The molecule has 7 nitrogen and oxygen atoms in total. The molecule has 0 aliphatic carbocycles. The minimum atomic E-state index is -3.61. The molecule has 0 unspecified atom stereocenters. The minimum absolute atomic E-state index is 0.261. The van der Waals surface area contributed by atoms with Crippen molar-refractivity contribution in [3.63, 3.8) is 0 Å². The van der Waals surface area contributed by atoms with Crippen LogP contribution in [0.3, 0.4) is 0 Å². The largest absolute Gasteiger partial charge is 0.495 e. The Morgan fingerprint density at radius 3 is 2.58 bits per heavy atom. The zero-order valence-corrected chi connectivity index (χ0v) is 16.4. The normalized spacial score (nSPS) is 15.5. The number of hydrogen-bond donors (Lipinski definition) is 1. The van der Waals surface area contributed by atoms with Gasteiger partial charge in [-0.2, -0.15) is 0 Å². The van der Waals surface area contributed by atoms with Crippen LogP contribution < -0.4 is 14.4 Å². The van der Waals surface area contributed by atoms with Crippen molar-refractivity contribution in [2.24, 2.45) is 0 Å². The molecule has 1 saturated heterocycles. The van der Waals surface area contributed by atoms with Gasteiger partial charge in [-0.25, -0.2) is 8.42 Å².